The fourth-order valence-electron chi connectivity index (χ4n) is 1.16. The van der Waals surface area contributed by atoms with Crippen LogP contribution in [0.1, 0.15) is 18.9 Å². The summed E-state index contributed by atoms with van der Waals surface area (Å²) in [5.74, 6) is -0.157. The van der Waals surface area contributed by atoms with E-state index in [1.807, 2.05) is 25.1 Å². The summed E-state index contributed by atoms with van der Waals surface area (Å²) in [5.41, 5.74) is 2.20. The standard InChI is InChI=1S/C12H16NO2/c1-3-12(14)15-9-8-13-11-7-5-4-6-10(11)2/h5-7,13H,3,8-9H2,1-2H3. The topological polar surface area (TPSA) is 38.3 Å². The van der Waals surface area contributed by atoms with Gasteiger partial charge in [-0.25, -0.2) is 0 Å². The zero-order valence-corrected chi connectivity index (χ0v) is 9.17. The Hall–Kier alpha value is -1.51. The highest BCUT2D eigenvalue weighted by molar-refractivity contribution is 5.68. The van der Waals surface area contributed by atoms with Crippen molar-refractivity contribution >= 4 is 11.7 Å². The van der Waals surface area contributed by atoms with E-state index >= 15 is 0 Å². The molecule has 3 heteroatoms. The van der Waals surface area contributed by atoms with Crippen LogP contribution in [0.4, 0.5) is 5.69 Å². The number of anilines is 1. The van der Waals surface area contributed by atoms with Gasteiger partial charge >= 0.3 is 5.97 Å². The molecule has 0 aliphatic heterocycles. The average molecular weight is 206 g/mol. The van der Waals surface area contributed by atoms with Gasteiger partial charge in [-0.1, -0.05) is 13.0 Å². The van der Waals surface area contributed by atoms with Gasteiger partial charge in [0.1, 0.15) is 6.61 Å². The molecule has 0 bridgehead atoms. The van der Waals surface area contributed by atoms with Crippen molar-refractivity contribution < 1.29 is 9.53 Å². The molecule has 0 saturated carbocycles. The summed E-state index contributed by atoms with van der Waals surface area (Å²) in [7, 11) is 0. The van der Waals surface area contributed by atoms with Crippen LogP contribution >= 0.6 is 0 Å². The molecule has 15 heavy (non-hydrogen) atoms. The second-order valence-electron chi connectivity index (χ2n) is 3.24. The van der Waals surface area contributed by atoms with Gasteiger partial charge in [0.15, 0.2) is 0 Å². The number of aryl methyl sites for hydroxylation is 1. The maximum Gasteiger partial charge on any atom is 0.305 e. The predicted octanol–water partition coefficient (Wildman–Crippen LogP) is 2.16. The summed E-state index contributed by atoms with van der Waals surface area (Å²) >= 11 is 0. The van der Waals surface area contributed by atoms with Crippen LogP contribution in [0.3, 0.4) is 0 Å². The van der Waals surface area contributed by atoms with Crippen molar-refractivity contribution in [2.24, 2.45) is 0 Å². The van der Waals surface area contributed by atoms with Gasteiger partial charge in [-0.3, -0.25) is 4.79 Å². The average Bonchev–Trinajstić information content (AvgIpc) is 2.26. The van der Waals surface area contributed by atoms with E-state index in [9.17, 15) is 4.79 Å². The third kappa shape index (κ3) is 4.02. The van der Waals surface area contributed by atoms with E-state index in [-0.39, 0.29) is 5.97 Å². The van der Waals surface area contributed by atoms with E-state index < -0.39 is 0 Å². The first-order valence-electron chi connectivity index (χ1n) is 5.10. The van der Waals surface area contributed by atoms with Crippen LogP contribution in [0.2, 0.25) is 0 Å². The Bertz CT molecular complexity index is 323. The number of rotatable bonds is 5. The smallest absolute Gasteiger partial charge is 0.305 e. The zero-order chi connectivity index (χ0) is 11.1. The highest BCUT2D eigenvalue weighted by Gasteiger charge is 1.98. The van der Waals surface area contributed by atoms with E-state index in [4.69, 9.17) is 4.74 Å². The number of hydrogen-bond donors (Lipinski definition) is 1. The molecule has 1 radical (unpaired) electrons. The molecule has 0 aliphatic rings. The van der Waals surface area contributed by atoms with Gasteiger partial charge < -0.3 is 10.1 Å². The van der Waals surface area contributed by atoms with Crippen LogP contribution in [0.25, 0.3) is 0 Å². The molecule has 3 nitrogen and oxygen atoms in total. The monoisotopic (exact) mass is 206 g/mol. The maximum atomic E-state index is 10.8. The fraction of sp³-hybridized carbons (Fsp3) is 0.417. The molecular weight excluding hydrogens is 190 g/mol. The lowest BCUT2D eigenvalue weighted by molar-refractivity contribution is -0.142. The van der Waals surface area contributed by atoms with Crippen molar-refractivity contribution in [2.45, 2.75) is 20.3 Å². The quantitative estimate of drug-likeness (QED) is 0.592. The summed E-state index contributed by atoms with van der Waals surface area (Å²) in [6.07, 6.45) is 0.430. The highest BCUT2D eigenvalue weighted by atomic mass is 16.5. The molecule has 0 spiro atoms. The second-order valence-corrected chi connectivity index (χ2v) is 3.24. The largest absolute Gasteiger partial charge is 0.464 e. The summed E-state index contributed by atoms with van der Waals surface area (Å²) in [6.45, 7) is 4.84. The lowest BCUT2D eigenvalue weighted by Gasteiger charge is -2.09. The van der Waals surface area contributed by atoms with Crippen molar-refractivity contribution in [3.8, 4) is 0 Å². The molecule has 0 atom stereocenters. The SMILES string of the molecule is CCC(=O)OCCNc1cc[c]cc1C. The van der Waals surface area contributed by atoms with Crippen molar-refractivity contribution in [3.05, 3.63) is 29.8 Å². The first-order valence-corrected chi connectivity index (χ1v) is 5.10. The van der Waals surface area contributed by atoms with Crippen LogP contribution in [-0.2, 0) is 9.53 Å². The molecular formula is C12H16NO2. The highest BCUT2D eigenvalue weighted by Crippen LogP contribution is 2.11. The maximum absolute atomic E-state index is 10.8. The van der Waals surface area contributed by atoms with Crippen molar-refractivity contribution in [2.75, 3.05) is 18.5 Å². The number of carbonyl (C=O) groups is 1. The number of carbonyl (C=O) groups excluding carboxylic acids is 1. The van der Waals surface area contributed by atoms with Gasteiger partial charge in [0.2, 0.25) is 0 Å². The summed E-state index contributed by atoms with van der Waals surface area (Å²) in [6, 6.07) is 8.72. The van der Waals surface area contributed by atoms with Crippen LogP contribution in [0.15, 0.2) is 18.2 Å². The van der Waals surface area contributed by atoms with E-state index in [0.717, 1.165) is 11.3 Å². The van der Waals surface area contributed by atoms with E-state index in [1.54, 1.807) is 6.92 Å². The summed E-state index contributed by atoms with van der Waals surface area (Å²) in [5, 5.41) is 3.20. The van der Waals surface area contributed by atoms with Gasteiger partial charge in [0.25, 0.3) is 0 Å². The number of nitrogens with one attached hydrogen (secondary N) is 1. The third-order valence-electron chi connectivity index (χ3n) is 2.04. The number of esters is 1. The van der Waals surface area contributed by atoms with Gasteiger partial charge in [-0.2, -0.15) is 0 Å². The normalized spacial score (nSPS) is 9.73. The fourth-order valence-corrected chi connectivity index (χ4v) is 1.16. The van der Waals surface area contributed by atoms with Crippen molar-refractivity contribution in [1.29, 1.82) is 0 Å². The Labute approximate surface area is 90.4 Å². The Balaban J connectivity index is 2.26. The molecule has 0 saturated heterocycles. The van der Waals surface area contributed by atoms with Gasteiger partial charge in [-0.15, -0.1) is 0 Å². The van der Waals surface area contributed by atoms with Crippen molar-refractivity contribution in [1.82, 2.24) is 0 Å². The molecule has 1 aromatic rings. The second kappa shape index (κ2) is 6.06. The minimum absolute atomic E-state index is 0.157. The first kappa shape index (κ1) is 11.6. The summed E-state index contributed by atoms with van der Waals surface area (Å²) < 4.78 is 4.94. The van der Waals surface area contributed by atoms with Gasteiger partial charge in [-0.05, 0) is 30.7 Å². The zero-order valence-electron chi connectivity index (χ0n) is 9.17. The van der Waals surface area contributed by atoms with Crippen molar-refractivity contribution in [3.63, 3.8) is 0 Å². The number of ether oxygens (including phenoxy) is 1. The number of benzene rings is 1. The van der Waals surface area contributed by atoms with E-state index in [1.165, 1.54) is 0 Å². The van der Waals surface area contributed by atoms with E-state index in [0.29, 0.717) is 19.6 Å². The van der Waals surface area contributed by atoms with Crippen LogP contribution in [0.5, 0.6) is 0 Å². The molecule has 0 unspecified atom stereocenters. The molecule has 1 N–H and O–H groups in total. The Morgan fingerprint density at radius 3 is 3.07 bits per heavy atom. The van der Waals surface area contributed by atoms with E-state index in [2.05, 4.69) is 11.4 Å². The lowest BCUT2D eigenvalue weighted by atomic mass is 10.2. The van der Waals surface area contributed by atoms with Gasteiger partial charge in [0, 0.05) is 18.7 Å². The summed E-state index contributed by atoms with van der Waals surface area (Å²) in [4.78, 5) is 10.8. The third-order valence-corrected chi connectivity index (χ3v) is 2.04. The van der Waals surface area contributed by atoms with Crippen LogP contribution in [-0.4, -0.2) is 19.1 Å². The Morgan fingerprint density at radius 2 is 2.40 bits per heavy atom. The molecule has 0 amide bonds. The van der Waals surface area contributed by atoms with Crippen LogP contribution in [0, 0.1) is 13.0 Å². The van der Waals surface area contributed by atoms with Gasteiger partial charge in [0.05, 0.1) is 0 Å². The number of hydrogen-bond acceptors (Lipinski definition) is 3. The Morgan fingerprint density at radius 1 is 1.60 bits per heavy atom. The molecule has 1 aromatic carbocycles. The predicted molar refractivity (Wildman–Crippen MR) is 59.8 cm³/mol. The van der Waals surface area contributed by atoms with Crippen LogP contribution < -0.4 is 5.32 Å². The molecule has 0 fully saturated rings. The lowest BCUT2D eigenvalue weighted by Crippen LogP contribution is -2.13. The Kier molecular flexibility index (Phi) is 4.68. The molecule has 0 aliphatic carbocycles. The minimum Gasteiger partial charge on any atom is -0.464 e. The minimum atomic E-state index is -0.157. The molecule has 0 aromatic heterocycles. The molecule has 0 heterocycles. The molecule has 81 valence electrons. The molecule has 1 rings (SSSR count). The first-order chi connectivity index (χ1) is 7.24.